The number of aromatic nitrogens is 1. The molecule has 1 atom stereocenters. The van der Waals surface area contributed by atoms with Crippen LogP contribution in [0, 0.1) is 6.92 Å². The maximum atomic E-state index is 12.4. The van der Waals surface area contributed by atoms with Crippen molar-refractivity contribution in [3.63, 3.8) is 0 Å². The average Bonchev–Trinajstić information content (AvgIpc) is 3.05. The fourth-order valence-electron chi connectivity index (χ4n) is 2.71. The molecule has 134 valence electrons. The summed E-state index contributed by atoms with van der Waals surface area (Å²) < 4.78 is 37.7. The molecular weight excluding hydrogens is 340 g/mol. The zero-order valence-electron chi connectivity index (χ0n) is 14.2. The Balaban J connectivity index is 1.50. The van der Waals surface area contributed by atoms with Crippen molar-refractivity contribution in [3.8, 4) is 11.6 Å². The van der Waals surface area contributed by atoms with Crippen molar-refractivity contribution in [2.45, 2.75) is 19.4 Å². The van der Waals surface area contributed by atoms with E-state index < -0.39 is 10.0 Å². The molecule has 0 radical (unpaired) electrons. The molecule has 1 aliphatic rings. The van der Waals surface area contributed by atoms with Gasteiger partial charge in [0.15, 0.2) is 0 Å². The fourth-order valence-corrected chi connectivity index (χ4v) is 4.04. The van der Waals surface area contributed by atoms with Crippen molar-refractivity contribution in [2.75, 3.05) is 25.4 Å². The van der Waals surface area contributed by atoms with Crippen molar-refractivity contribution in [1.82, 2.24) is 9.29 Å². The highest BCUT2D eigenvalue weighted by Gasteiger charge is 2.32. The van der Waals surface area contributed by atoms with Gasteiger partial charge in [-0.05, 0) is 31.5 Å². The number of rotatable bonds is 7. The average molecular weight is 362 g/mol. The molecule has 1 aromatic carbocycles. The van der Waals surface area contributed by atoms with Gasteiger partial charge in [-0.3, -0.25) is 0 Å². The third-order valence-corrected chi connectivity index (χ3v) is 5.81. The van der Waals surface area contributed by atoms with E-state index >= 15 is 0 Å². The number of nitrogens with zero attached hydrogens (tertiary/aromatic N) is 2. The van der Waals surface area contributed by atoms with Crippen molar-refractivity contribution >= 4 is 10.0 Å². The van der Waals surface area contributed by atoms with Gasteiger partial charge < -0.3 is 9.47 Å². The van der Waals surface area contributed by atoms with Gasteiger partial charge in [0.1, 0.15) is 18.5 Å². The van der Waals surface area contributed by atoms with E-state index in [-0.39, 0.29) is 18.5 Å². The molecule has 0 spiro atoms. The first-order valence-corrected chi connectivity index (χ1v) is 9.90. The van der Waals surface area contributed by atoms with E-state index in [0.29, 0.717) is 31.1 Å². The molecule has 0 N–H and O–H groups in total. The summed E-state index contributed by atoms with van der Waals surface area (Å²) in [5, 5.41) is 0. The predicted molar refractivity (Wildman–Crippen MR) is 95.3 cm³/mol. The number of hydrogen-bond acceptors (Lipinski definition) is 5. The Hall–Kier alpha value is -2.12. The Kier molecular flexibility index (Phi) is 5.55. The van der Waals surface area contributed by atoms with Gasteiger partial charge in [-0.1, -0.05) is 24.3 Å². The molecule has 0 aliphatic carbocycles. The highest BCUT2D eigenvalue weighted by molar-refractivity contribution is 7.89. The molecule has 1 saturated heterocycles. The fraction of sp³-hybridized carbons (Fsp3) is 0.389. The number of hydrogen-bond donors (Lipinski definition) is 0. The van der Waals surface area contributed by atoms with E-state index in [9.17, 15) is 8.42 Å². The van der Waals surface area contributed by atoms with Crippen LogP contribution in [0.15, 0.2) is 48.5 Å². The first-order valence-electron chi connectivity index (χ1n) is 8.29. The van der Waals surface area contributed by atoms with Gasteiger partial charge in [0.05, 0.1) is 12.3 Å². The molecule has 2 aromatic rings. The van der Waals surface area contributed by atoms with E-state index in [1.807, 2.05) is 37.3 Å². The van der Waals surface area contributed by atoms with Crippen LogP contribution in [0.25, 0.3) is 0 Å². The smallest absolute Gasteiger partial charge is 0.217 e. The normalized spacial score (nSPS) is 18.2. The van der Waals surface area contributed by atoms with E-state index in [1.54, 1.807) is 18.2 Å². The summed E-state index contributed by atoms with van der Waals surface area (Å²) in [5.74, 6) is 1.17. The van der Waals surface area contributed by atoms with Gasteiger partial charge in [0, 0.05) is 18.3 Å². The van der Waals surface area contributed by atoms with Crippen molar-refractivity contribution in [2.24, 2.45) is 0 Å². The highest BCUT2D eigenvalue weighted by atomic mass is 32.2. The number of pyridine rings is 1. The van der Waals surface area contributed by atoms with E-state index in [2.05, 4.69) is 4.98 Å². The second kappa shape index (κ2) is 7.84. The lowest BCUT2D eigenvalue weighted by molar-refractivity contribution is 0.206. The SMILES string of the molecule is Cc1cccc(OC2CCN(S(=O)(=O)CCOc3ccccc3)C2)n1. The van der Waals surface area contributed by atoms with Gasteiger partial charge in [-0.2, -0.15) is 4.31 Å². The van der Waals surface area contributed by atoms with Gasteiger partial charge >= 0.3 is 0 Å². The number of sulfonamides is 1. The summed E-state index contributed by atoms with van der Waals surface area (Å²) in [4.78, 5) is 4.30. The third kappa shape index (κ3) is 4.93. The van der Waals surface area contributed by atoms with E-state index in [0.717, 1.165) is 5.69 Å². The molecule has 0 bridgehead atoms. The molecular formula is C18H22N2O4S. The van der Waals surface area contributed by atoms with Crippen LogP contribution >= 0.6 is 0 Å². The van der Waals surface area contributed by atoms with Crippen molar-refractivity contribution in [1.29, 1.82) is 0 Å². The lowest BCUT2D eigenvalue weighted by Gasteiger charge is -2.17. The van der Waals surface area contributed by atoms with Crippen molar-refractivity contribution < 1.29 is 17.9 Å². The standard InChI is InChI=1S/C18H22N2O4S/c1-15-6-5-9-18(19-15)24-17-10-11-20(14-17)25(21,22)13-12-23-16-7-3-2-4-8-16/h2-9,17H,10-14H2,1H3. The van der Waals surface area contributed by atoms with E-state index in [1.165, 1.54) is 4.31 Å². The maximum absolute atomic E-state index is 12.4. The Bertz CT molecular complexity index is 796. The maximum Gasteiger partial charge on any atom is 0.217 e. The summed E-state index contributed by atoms with van der Waals surface area (Å²) in [6, 6.07) is 14.8. The number of para-hydroxylation sites is 1. The number of aryl methyl sites for hydroxylation is 1. The third-order valence-electron chi connectivity index (χ3n) is 4.00. The molecule has 0 saturated carbocycles. The quantitative estimate of drug-likeness (QED) is 0.756. The Labute approximate surface area is 148 Å². The first-order chi connectivity index (χ1) is 12.0. The number of benzene rings is 1. The minimum Gasteiger partial charge on any atom is -0.492 e. The molecule has 1 aliphatic heterocycles. The summed E-state index contributed by atoms with van der Waals surface area (Å²) >= 11 is 0. The highest BCUT2D eigenvalue weighted by Crippen LogP contribution is 2.19. The predicted octanol–water partition coefficient (Wildman–Crippen LogP) is 2.25. The zero-order chi connectivity index (χ0) is 17.7. The molecule has 25 heavy (non-hydrogen) atoms. The summed E-state index contributed by atoms with van der Waals surface area (Å²) in [5.41, 5.74) is 0.873. The van der Waals surface area contributed by atoms with Gasteiger partial charge in [0.2, 0.25) is 15.9 Å². The van der Waals surface area contributed by atoms with Crippen LogP contribution in [-0.4, -0.2) is 49.3 Å². The second-order valence-corrected chi connectivity index (χ2v) is 8.07. The summed E-state index contributed by atoms with van der Waals surface area (Å²) in [6.07, 6.45) is 0.494. The minimum atomic E-state index is -3.36. The van der Waals surface area contributed by atoms with Crippen LogP contribution in [0.5, 0.6) is 11.6 Å². The largest absolute Gasteiger partial charge is 0.492 e. The second-order valence-electron chi connectivity index (χ2n) is 5.98. The van der Waals surface area contributed by atoms with Crippen LogP contribution < -0.4 is 9.47 Å². The molecule has 1 fully saturated rings. The lowest BCUT2D eigenvalue weighted by Crippen LogP contribution is -2.34. The van der Waals surface area contributed by atoms with Crippen LogP contribution in [0.4, 0.5) is 0 Å². The summed E-state index contributed by atoms with van der Waals surface area (Å²) in [7, 11) is -3.36. The Morgan fingerprint density at radius 3 is 2.72 bits per heavy atom. The Morgan fingerprint density at radius 2 is 1.96 bits per heavy atom. The molecule has 1 unspecified atom stereocenters. The first kappa shape index (κ1) is 17.7. The monoisotopic (exact) mass is 362 g/mol. The molecule has 6 nitrogen and oxygen atoms in total. The number of ether oxygens (including phenoxy) is 2. The van der Waals surface area contributed by atoms with E-state index in [4.69, 9.17) is 9.47 Å². The molecule has 3 rings (SSSR count). The van der Waals surface area contributed by atoms with Crippen LogP contribution in [0.3, 0.4) is 0 Å². The van der Waals surface area contributed by atoms with Crippen LogP contribution in [-0.2, 0) is 10.0 Å². The molecule has 7 heteroatoms. The zero-order valence-corrected chi connectivity index (χ0v) is 15.0. The van der Waals surface area contributed by atoms with Gasteiger partial charge in [-0.25, -0.2) is 13.4 Å². The molecule has 2 heterocycles. The summed E-state index contributed by atoms with van der Waals surface area (Å²) in [6.45, 7) is 2.84. The van der Waals surface area contributed by atoms with Gasteiger partial charge in [0.25, 0.3) is 0 Å². The van der Waals surface area contributed by atoms with Crippen LogP contribution in [0.1, 0.15) is 12.1 Å². The molecule has 0 amide bonds. The minimum absolute atomic E-state index is 0.0443. The van der Waals surface area contributed by atoms with Gasteiger partial charge in [-0.15, -0.1) is 0 Å². The lowest BCUT2D eigenvalue weighted by atomic mass is 10.3. The van der Waals surface area contributed by atoms with Crippen LogP contribution in [0.2, 0.25) is 0 Å². The molecule has 1 aromatic heterocycles. The van der Waals surface area contributed by atoms with Crippen molar-refractivity contribution in [3.05, 3.63) is 54.2 Å². The topological polar surface area (TPSA) is 68.7 Å². The Morgan fingerprint density at radius 1 is 1.16 bits per heavy atom.